The van der Waals surface area contributed by atoms with Crippen LogP contribution in [0.15, 0.2) is 78.2 Å². The van der Waals surface area contributed by atoms with Crippen LogP contribution in [0.4, 0.5) is 0 Å². The summed E-state index contributed by atoms with van der Waals surface area (Å²) in [4.78, 5) is 15.5. The van der Waals surface area contributed by atoms with Crippen LogP contribution in [0.1, 0.15) is 45.1 Å². The summed E-state index contributed by atoms with van der Waals surface area (Å²) in [7, 11) is -3.73. The van der Waals surface area contributed by atoms with Gasteiger partial charge in [-0.1, -0.05) is 68.5 Å². The van der Waals surface area contributed by atoms with E-state index < -0.39 is 14.8 Å². The summed E-state index contributed by atoms with van der Waals surface area (Å²) in [6.07, 6.45) is 4.78. The number of benzene rings is 2. The largest absolute Gasteiger partial charge is 0.272 e. The molecule has 3 aliphatic rings. The summed E-state index contributed by atoms with van der Waals surface area (Å²) in [5, 5.41) is 0. The third-order valence-corrected chi connectivity index (χ3v) is 12.0. The van der Waals surface area contributed by atoms with Gasteiger partial charge < -0.3 is 0 Å². The van der Waals surface area contributed by atoms with Crippen LogP contribution in [0.3, 0.4) is 0 Å². The second-order valence-corrected chi connectivity index (χ2v) is 13.5. The minimum atomic E-state index is -3.73. The molecule has 33 heavy (non-hydrogen) atoms. The van der Waals surface area contributed by atoms with E-state index in [0.29, 0.717) is 12.3 Å². The van der Waals surface area contributed by atoms with E-state index in [2.05, 4.69) is 20.4 Å². The first-order valence-corrected chi connectivity index (χ1v) is 14.1. The lowest BCUT2D eigenvalue weighted by Crippen LogP contribution is -2.51. The van der Waals surface area contributed by atoms with Gasteiger partial charge in [0.1, 0.15) is 4.75 Å². The molecule has 1 amide bonds. The zero-order chi connectivity index (χ0) is 23.5. The molecule has 0 unspecified atom stereocenters. The summed E-state index contributed by atoms with van der Waals surface area (Å²) in [5.74, 6) is 0.211. The van der Waals surface area contributed by atoms with E-state index in [4.69, 9.17) is 0 Å². The third kappa shape index (κ3) is 3.17. The van der Waals surface area contributed by atoms with Gasteiger partial charge in [0, 0.05) is 10.3 Å². The standard InChI is InChI=1S/C27H31NO3S2/c1-4-16-27(20-11-7-5-8-12-20,32-22-13-9-6-10-14-22)24(29)28-23-18-21-15-17-26(23,25(21,2)3)19-33(28,30)31/h4-14,21,23H,1,15-19H2,2-3H3/t21-,23-,26-,27-/m0/s1. The highest BCUT2D eigenvalue weighted by Crippen LogP contribution is 2.70. The molecule has 1 aliphatic heterocycles. The first kappa shape index (κ1) is 22.7. The molecule has 2 aliphatic carbocycles. The van der Waals surface area contributed by atoms with Gasteiger partial charge in [0.15, 0.2) is 0 Å². The van der Waals surface area contributed by atoms with Crippen molar-refractivity contribution in [2.75, 3.05) is 5.75 Å². The zero-order valence-corrected chi connectivity index (χ0v) is 20.9. The Morgan fingerprint density at radius 3 is 2.39 bits per heavy atom. The van der Waals surface area contributed by atoms with Gasteiger partial charge in [-0.2, -0.15) is 0 Å². The van der Waals surface area contributed by atoms with Crippen LogP contribution >= 0.6 is 11.8 Å². The fourth-order valence-electron chi connectivity index (χ4n) is 6.81. The molecule has 0 radical (unpaired) electrons. The average Bonchev–Trinajstić information content (AvgIpc) is 3.27. The minimum Gasteiger partial charge on any atom is -0.272 e. The number of hydrogen-bond acceptors (Lipinski definition) is 4. The van der Waals surface area contributed by atoms with E-state index in [1.165, 1.54) is 16.1 Å². The lowest BCUT2D eigenvalue weighted by atomic mass is 9.69. The van der Waals surface area contributed by atoms with E-state index in [-0.39, 0.29) is 28.5 Å². The SMILES string of the molecule is C=CC[C@@](Sc1ccccc1)(C(=O)N1[C@H]2C[C@@H]3CC[C@@]2(CS1(=O)=O)C3(C)C)c1ccccc1. The first-order chi connectivity index (χ1) is 15.7. The molecule has 2 bridgehead atoms. The maximum Gasteiger partial charge on any atom is 0.257 e. The van der Waals surface area contributed by atoms with Crippen molar-refractivity contribution in [1.82, 2.24) is 4.31 Å². The summed E-state index contributed by atoms with van der Waals surface area (Å²) in [6, 6.07) is 19.1. The van der Waals surface area contributed by atoms with Gasteiger partial charge in [-0.25, -0.2) is 12.7 Å². The smallest absolute Gasteiger partial charge is 0.257 e. The van der Waals surface area contributed by atoms with Crippen molar-refractivity contribution in [1.29, 1.82) is 0 Å². The Labute approximate surface area is 201 Å². The molecule has 2 aromatic rings. The Morgan fingerprint density at radius 1 is 1.15 bits per heavy atom. The highest BCUT2D eigenvalue weighted by Gasteiger charge is 2.73. The second-order valence-electron chi connectivity index (χ2n) is 10.3. The van der Waals surface area contributed by atoms with E-state index in [0.717, 1.165) is 29.7 Å². The highest BCUT2D eigenvalue weighted by atomic mass is 32.2. The molecule has 0 N–H and O–H groups in total. The number of hydrogen-bond donors (Lipinski definition) is 0. The molecule has 5 rings (SSSR count). The van der Waals surface area contributed by atoms with Crippen molar-refractivity contribution in [2.45, 2.75) is 55.2 Å². The molecule has 1 heterocycles. The van der Waals surface area contributed by atoms with Gasteiger partial charge in [0.25, 0.3) is 5.91 Å². The van der Waals surface area contributed by atoms with Crippen LogP contribution in [0.2, 0.25) is 0 Å². The van der Waals surface area contributed by atoms with E-state index in [1.54, 1.807) is 6.08 Å². The summed E-state index contributed by atoms with van der Waals surface area (Å²) in [5.41, 5.74) is 0.378. The Balaban J connectivity index is 1.66. The zero-order valence-electron chi connectivity index (χ0n) is 19.2. The number of fused-ring (bicyclic) bond motifs is 1. The fraction of sp³-hybridized carbons (Fsp3) is 0.444. The van der Waals surface area contributed by atoms with Gasteiger partial charge in [-0.05, 0) is 54.7 Å². The maximum atomic E-state index is 14.6. The molecule has 1 spiro atoms. The van der Waals surface area contributed by atoms with Gasteiger partial charge in [-0.3, -0.25) is 4.79 Å². The van der Waals surface area contributed by atoms with Crippen molar-refractivity contribution in [3.05, 3.63) is 78.9 Å². The number of sulfonamides is 1. The van der Waals surface area contributed by atoms with E-state index in [9.17, 15) is 13.2 Å². The number of amides is 1. The highest BCUT2D eigenvalue weighted by molar-refractivity contribution is 8.01. The van der Waals surface area contributed by atoms with E-state index >= 15 is 0 Å². The van der Waals surface area contributed by atoms with Crippen molar-refractivity contribution in [2.24, 2.45) is 16.7 Å². The second kappa shape index (κ2) is 7.74. The monoisotopic (exact) mass is 481 g/mol. The number of carbonyl (C=O) groups is 1. The molecule has 2 aromatic carbocycles. The Bertz CT molecular complexity index is 1180. The van der Waals surface area contributed by atoms with E-state index in [1.807, 2.05) is 60.7 Å². The van der Waals surface area contributed by atoms with Crippen LogP contribution in [-0.4, -0.2) is 30.4 Å². The van der Waals surface area contributed by atoms with Crippen LogP contribution < -0.4 is 0 Å². The van der Waals surface area contributed by atoms with Crippen molar-refractivity contribution < 1.29 is 13.2 Å². The Morgan fingerprint density at radius 2 is 1.79 bits per heavy atom. The molecule has 4 atom stereocenters. The molecule has 3 fully saturated rings. The first-order valence-electron chi connectivity index (χ1n) is 11.6. The molecule has 174 valence electrons. The molecular weight excluding hydrogens is 450 g/mol. The van der Waals surface area contributed by atoms with Crippen molar-refractivity contribution in [3.8, 4) is 0 Å². The number of allylic oxidation sites excluding steroid dienone is 1. The van der Waals surface area contributed by atoms with Crippen LogP contribution in [0.5, 0.6) is 0 Å². The number of rotatable bonds is 6. The summed E-state index contributed by atoms with van der Waals surface area (Å²) < 4.78 is 27.6. The average molecular weight is 482 g/mol. The van der Waals surface area contributed by atoms with Gasteiger partial charge >= 0.3 is 0 Å². The predicted octanol–water partition coefficient (Wildman–Crippen LogP) is 5.62. The lowest BCUT2D eigenvalue weighted by molar-refractivity contribution is -0.131. The summed E-state index contributed by atoms with van der Waals surface area (Å²) >= 11 is 1.43. The van der Waals surface area contributed by atoms with Crippen molar-refractivity contribution in [3.63, 3.8) is 0 Å². The topological polar surface area (TPSA) is 54.5 Å². The number of carbonyl (C=O) groups excluding carboxylic acids is 1. The fourth-order valence-corrected chi connectivity index (χ4v) is 10.8. The molecular formula is C27H31NO3S2. The minimum absolute atomic E-state index is 0.0782. The quantitative estimate of drug-likeness (QED) is 0.397. The third-order valence-electron chi connectivity index (χ3n) is 8.66. The summed E-state index contributed by atoms with van der Waals surface area (Å²) in [6.45, 7) is 8.37. The lowest BCUT2D eigenvalue weighted by Gasteiger charge is -2.40. The maximum absolute atomic E-state index is 14.6. The molecule has 6 heteroatoms. The van der Waals surface area contributed by atoms with Crippen LogP contribution in [0, 0.1) is 16.7 Å². The molecule has 4 nitrogen and oxygen atoms in total. The molecule has 0 aromatic heterocycles. The number of thioether (sulfide) groups is 1. The molecule has 1 saturated heterocycles. The van der Waals surface area contributed by atoms with Crippen LogP contribution in [0.25, 0.3) is 0 Å². The normalized spacial score (nSPS) is 30.5. The predicted molar refractivity (Wildman–Crippen MR) is 133 cm³/mol. The Kier molecular flexibility index (Phi) is 5.33. The van der Waals surface area contributed by atoms with Gasteiger partial charge in [0.05, 0.1) is 11.8 Å². The Hall–Kier alpha value is -2.05. The molecule has 2 saturated carbocycles. The van der Waals surface area contributed by atoms with Gasteiger partial charge in [-0.15, -0.1) is 18.3 Å². The van der Waals surface area contributed by atoms with Gasteiger partial charge in [0.2, 0.25) is 10.0 Å². The van der Waals surface area contributed by atoms with Crippen molar-refractivity contribution >= 4 is 27.7 Å². The number of nitrogens with zero attached hydrogens (tertiary/aromatic N) is 1. The van der Waals surface area contributed by atoms with Crippen LogP contribution in [-0.2, 0) is 19.6 Å².